The Kier molecular flexibility index (Phi) is 4.86. The zero-order chi connectivity index (χ0) is 16.1. The van der Waals surface area contributed by atoms with Gasteiger partial charge in [-0.2, -0.15) is 5.26 Å². The molecule has 0 N–H and O–H groups in total. The number of hydrogen-bond acceptors (Lipinski definition) is 5. The molecule has 5 heteroatoms. The van der Waals surface area contributed by atoms with E-state index >= 15 is 0 Å². The Morgan fingerprint density at radius 3 is 2.70 bits per heavy atom. The molecule has 0 bridgehead atoms. The van der Waals surface area contributed by atoms with Crippen molar-refractivity contribution in [3.8, 4) is 17.0 Å². The van der Waals surface area contributed by atoms with E-state index in [-0.39, 0.29) is 0 Å². The summed E-state index contributed by atoms with van der Waals surface area (Å²) in [5.41, 5.74) is 2.16. The maximum Gasteiger partial charge on any atom is 0.279 e. The first-order valence-corrected chi connectivity index (χ1v) is 8.24. The summed E-state index contributed by atoms with van der Waals surface area (Å²) in [6.45, 7) is 1.60. The normalized spacial score (nSPS) is 10.8. The molecule has 0 unspecified atom stereocenters. The van der Waals surface area contributed by atoms with Gasteiger partial charge in [-0.15, -0.1) is 0 Å². The molecule has 0 atom stereocenters. The summed E-state index contributed by atoms with van der Waals surface area (Å²) in [5, 5.41) is 9.27. The average molecular weight is 323 g/mol. The van der Waals surface area contributed by atoms with Gasteiger partial charge < -0.3 is 9.64 Å². The quantitative estimate of drug-likeness (QED) is 0.673. The van der Waals surface area contributed by atoms with E-state index in [1.165, 1.54) is 5.56 Å². The van der Waals surface area contributed by atoms with Gasteiger partial charge in [-0.3, -0.25) is 0 Å². The number of para-hydroxylation sites is 1. The summed E-state index contributed by atoms with van der Waals surface area (Å²) < 4.78 is 6.96. The number of nitriles is 1. The van der Waals surface area contributed by atoms with Gasteiger partial charge in [0.2, 0.25) is 0 Å². The van der Waals surface area contributed by atoms with Crippen molar-refractivity contribution < 1.29 is 4.74 Å². The van der Waals surface area contributed by atoms with E-state index in [1.807, 2.05) is 55.6 Å². The molecular weight excluding hydrogens is 306 g/mol. The Balaban J connectivity index is 1.64. The Morgan fingerprint density at radius 2 is 1.96 bits per heavy atom. The van der Waals surface area contributed by atoms with E-state index in [0.717, 1.165) is 29.1 Å². The summed E-state index contributed by atoms with van der Waals surface area (Å²) in [6, 6.07) is 18.2. The molecular formula is C18H17N3OS. The number of ether oxygens (including phenoxy) is 1. The standard InChI is InChI=1S/C18H17N3OS/c1-21(12-4-11-19)13-14-7-9-15(10-8-14)22-18-20-16-5-2-3-6-17(16)23-18/h2-3,5-10H,4,12-13H2,1H3. The molecule has 2 aromatic carbocycles. The molecule has 0 saturated carbocycles. The van der Waals surface area contributed by atoms with Crippen molar-refractivity contribution in [1.29, 1.82) is 5.26 Å². The van der Waals surface area contributed by atoms with Crippen LogP contribution in [-0.2, 0) is 6.54 Å². The van der Waals surface area contributed by atoms with Gasteiger partial charge in [0.15, 0.2) is 0 Å². The Labute approximate surface area is 139 Å². The lowest BCUT2D eigenvalue weighted by molar-refractivity contribution is 0.335. The van der Waals surface area contributed by atoms with Crippen LogP contribution in [0, 0.1) is 11.3 Å². The lowest BCUT2D eigenvalue weighted by Crippen LogP contribution is -2.18. The first-order valence-electron chi connectivity index (χ1n) is 7.42. The number of hydrogen-bond donors (Lipinski definition) is 0. The highest BCUT2D eigenvalue weighted by molar-refractivity contribution is 7.20. The van der Waals surface area contributed by atoms with Crippen LogP contribution in [0.3, 0.4) is 0 Å². The second-order valence-corrected chi connectivity index (χ2v) is 6.33. The maximum atomic E-state index is 8.61. The van der Waals surface area contributed by atoms with Gasteiger partial charge in [-0.25, -0.2) is 4.98 Å². The minimum Gasteiger partial charge on any atom is -0.431 e. The van der Waals surface area contributed by atoms with Crippen LogP contribution in [-0.4, -0.2) is 23.5 Å². The first-order chi connectivity index (χ1) is 11.2. The lowest BCUT2D eigenvalue weighted by Gasteiger charge is -2.14. The summed E-state index contributed by atoms with van der Waals surface area (Å²) in [4.78, 5) is 6.60. The predicted octanol–water partition coefficient (Wildman–Crippen LogP) is 4.43. The average Bonchev–Trinajstić information content (AvgIpc) is 2.97. The Bertz CT molecular complexity index is 787. The molecule has 0 spiro atoms. The summed E-state index contributed by atoms with van der Waals surface area (Å²) in [7, 11) is 2.02. The van der Waals surface area contributed by atoms with E-state index in [0.29, 0.717) is 11.6 Å². The van der Waals surface area contributed by atoms with Crippen molar-refractivity contribution >= 4 is 21.6 Å². The number of aromatic nitrogens is 1. The fourth-order valence-electron chi connectivity index (χ4n) is 2.29. The topological polar surface area (TPSA) is 49.2 Å². The predicted molar refractivity (Wildman–Crippen MR) is 92.7 cm³/mol. The van der Waals surface area contributed by atoms with Crippen LogP contribution < -0.4 is 4.74 Å². The molecule has 23 heavy (non-hydrogen) atoms. The molecule has 0 saturated heterocycles. The van der Waals surface area contributed by atoms with Crippen LogP contribution in [0.4, 0.5) is 0 Å². The van der Waals surface area contributed by atoms with E-state index in [9.17, 15) is 0 Å². The molecule has 0 fully saturated rings. The zero-order valence-electron chi connectivity index (χ0n) is 12.9. The molecule has 3 rings (SSSR count). The van der Waals surface area contributed by atoms with Gasteiger partial charge >= 0.3 is 0 Å². The fraction of sp³-hybridized carbons (Fsp3) is 0.222. The molecule has 0 aliphatic carbocycles. The fourth-order valence-corrected chi connectivity index (χ4v) is 3.12. The van der Waals surface area contributed by atoms with Crippen molar-refractivity contribution in [2.45, 2.75) is 13.0 Å². The second kappa shape index (κ2) is 7.23. The van der Waals surface area contributed by atoms with E-state index in [1.54, 1.807) is 11.3 Å². The summed E-state index contributed by atoms with van der Waals surface area (Å²) in [5.74, 6) is 0.785. The van der Waals surface area contributed by atoms with Gasteiger partial charge in [0.05, 0.1) is 16.3 Å². The minimum absolute atomic E-state index is 0.551. The highest BCUT2D eigenvalue weighted by Crippen LogP contribution is 2.31. The van der Waals surface area contributed by atoms with Gasteiger partial charge in [0, 0.05) is 19.5 Å². The third-order valence-corrected chi connectivity index (χ3v) is 4.37. The molecule has 1 heterocycles. The SMILES string of the molecule is CN(CCC#N)Cc1ccc(Oc2nc3ccccc3s2)cc1. The van der Waals surface area contributed by atoms with E-state index in [2.05, 4.69) is 16.0 Å². The lowest BCUT2D eigenvalue weighted by atomic mass is 10.2. The van der Waals surface area contributed by atoms with Crippen LogP contribution in [0.15, 0.2) is 48.5 Å². The smallest absolute Gasteiger partial charge is 0.279 e. The molecule has 0 amide bonds. The number of fused-ring (bicyclic) bond motifs is 1. The number of nitrogens with zero attached hydrogens (tertiary/aromatic N) is 3. The van der Waals surface area contributed by atoms with Gasteiger partial charge in [0.25, 0.3) is 5.19 Å². The molecule has 116 valence electrons. The van der Waals surface area contributed by atoms with E-state index < -0.39 is 0 Å². The highest BCUT2D eigenvalue weighted by atomic mass is 32.1. The molecule has 3 aromatic rings. The Morgan fingerprint density at radius 1 is 1.17 bits per heavy atom. The molecule has 1 aromatic heterocycles. The van der Waals surface area contributed by atoms with E-state index in [4.69, 9.17) is 10.00 Å². The van der Waals surface area contributed by atoms with Gasteiger partial charge in [-0.05, 0) is 36.9 Å². The molecule has 0 aliphatic rings. The largest absolute Gasteiger partial charge is 0.431 e. The monoisotopic (exact) mass is 323 g/mol. The van der Waals surface area contributed by atoms with Crippen molar-refractivity contribution in [2.24, 2.45) is 0 Å². The zero-order valence-corrected chi connectivity index (χ0v) is 13.7. The molecule has 4 nitrogen and oxygen atoms in total. The summed E-state index contributed by atoms with van der Waals surface area (Å²) in [6.07, 6.45) is 0.551. The number of thiazole rings is 1. The van der Waals surface area contributed by atoms with Crippen LogP contribution >= 0.6 is 11.3 Å². The van der Waals surface area contributed by atoms with Crippen LogP contribution in [0.1, 0.15) is 12.0 Å². The van der Waals surface area contributed by atoms with Crippen LogP contribution in [0.25, 0.3) is 10.2 Å². The van der Waals surface area contributed by atoms with Crippen LogP contribution in [0.5, 0.6) is 10.9 Å². The molecule has 0 radical (unpaired) electrons. The molecule has 0 aliphatic heterocycles. The minimum atomic E-state index is 0.551. The first kappa shape index (κ1) is 15.5. The highest BCUT2D eigenvalue weighted by Gasteiger charge is 2.06. The van der Waals surface area contributed by atoms with Crippen molar-refractivity contribution in [3.63, 3.8) is 0 Å². The van der Waals surface area contributed by atoms with Crippen LogP contribution in [0.2, 0.25) is 0 Å². The van der Waals surface area contributed by atoms with Gasteiger partial charge in [0.1, 0.15) is 5.75 Å². The second-order valence-electron chi connectivity index (χ2n) is 5.34. The summed E-state index contributed by atoms with van der Waals surface area (Å²) >= 11 is 1.54. The maximum absolute atomic E-state index is 8.61. The number of rotatable bonds is 6. The third kappa shape index (κ3) is 4.07. The van der Waals surface area contributed by atoms with Crippen molar-refractivity contribution in [3.05, 3.63) is 54.1 Å². The van der Waals surface area contributed by atoms with Crippen molar-refractivity contribution in [1.82, 2.24) is 9.88 Å². The third-order valence-electron chi connectivity index (χ3n) is 3.46. The Hall–Kier alpha value is -2.42. The van der Waals surface area contributed by atoms with Gasteiger partial charge in [-0.1, -0.05) is 35.6 Å². The number of benzene rings is 2. The van der Waals surface area contributed by atoms with Crippen molar-refractivity contribution in [2.75, 3.05) is 13.6 Å².